The van der Waals surface area contributed by atoms with E-state index in [0.29, 0.717) is 30.1 Å². The lowest BCUT2D eigenvalue weighted by Crippen LogP contribution is -2.40. The highest BCUT2D eigenvalue weighted by molar-refractivity contribution is 7.91. The second-order valence-electron chi connectivity index (χ2n) is 9.01. The van der Waals surface area contributed by atoms with E-state index in [1.807, 2.05) is 18.2 Å². The highest BCUT2D eigenvalue weighted by Crippen LogP contribution is 2.27. The number of sulfone groups is 1. The van der Waals surface area contributed by atoms with E-state index in [1.54, 1.807) is 23.1 Å². The van der Waals surface area contributed by atoms with Crippen molar-refractivity contribution in [3.8, 4) is 5.75 Å². The van der Waals surface area contributed by atoms with Crippen LogP contribution in [0.4, 0.5) is 5.88 Å². The van der Waals surface area contributed by atoms with E-state index in [-0.39, 0.29) is 30.0 Å². The summed E-state index contributed by atoms with van der Waals surface area (Å²) in [5, 5.41) is 0. The predicted octanol–water partition coefficient (Wildman–Crippen LogP) is 4.28. The molecule has 4 rings (SSSR count). The molecular formula is C25H34N2O5S. The molecule has 0 radical (unpaired) electrons. The van der Waals surface area contributed by atoms with Gasteiger partial charge in [-0.1, -0.05) is 19.4 Å². The molecule has 2 aliphatic rings. The van der Waals surface area contributed by atoms with E-state index in [0.717, 1.165) is 44.7 Å². The fraction of sp³-hybridized carbons (Fsp3) is 0.560. The maximum Gasteiger partial charge on any atom is 0.254 e. The summed E-state index contributed by atoms with van der Waals surface area (Å²) in [6.45, 7) is 4.89. The fourth-order valence-corrected chi connectivity index (χ4v) is 6.24. The van der Waals surface area contributed by atoms with Crippen LogP contribution < -0.4 is 9.64 Å². The van der Waals surface area contributed by atoms with Crippen LogP contribution in [-0.4, -0.2) is 56.5 Å². The Hall–Kier alpha value is -2.48. The molecule has 2 aromatic rings. The van der Waals surface area contributed by atoms with E-state index in [2.05, 4.69) is 11.8 Å². The average Bonchev–Trinajstić information content (AvgIpc) is 3.44. The van der Waals surface area contributed by atoms with Gasteiger partial charge in [0.15, 0.2) is 15.7 Å². The van der Waals surface area contributed by atoms with Gasteiger partial charge in [-0.15, -0.1) is 0 Å². The molecule has 2 saturated heterocycles. The first-order chi connectivity index (χ1) is 15.9. The highest BCUT2D eigenvalue weighted by Gasteiger charge is 2.35. The molecule has 1 unspecified atom stereocenters. The molecule has 2 fully saturated rings. The lowest BCUT2D eigenvalue weighted by Gasteiger charge is -2.28. The van der Waals surface area contributed by atoms with Crippen LogP contribution in [0.2, 0.25) is 0 Å². The summed E-state index contributed by atoms with van der Waals surface area (Å²) in [6.07, 6.45) is 5.96. The van der Waals surface area contributed by atoms with Gasteiger partial charge in [-0.2, -0.15) is 0 Å². The molecule has 1 aromatic heterocycles. The van der Waals surface area contributed by atoms with Crippen LogP contribution in [0.5, 0.6) is 5.75 Å². The van der Waals surface area contributed by atoms with E-state index in [4.69, 9.17) is 9.15 Å². The van der Waals surface area contributed by atoms with E-state index in [1.165, 1.54) is 6.42 Å². The summed E-state index contributed by atoms with van der Waals surface area (Å²) >= 11 is 0. The Morgan fingerprint density at radius 3 is 2.73 bits per heavy atom. The number of unbranched alkanes of at least 4 members (excludes halogenated alkanes) is 1. The van der Waals surface area contributed by atoms with Crippen LogP contribution in [0.1, 0.15) is 61.6 Å². The van der Waals surface area contributed by atoms with Crippen LogP contribution in [-0.2, 0) is 16.4 Å². The number of carbonyl (C=O) groups is 1. The SMILES string of the molecule is CCCCOc1cccc(C(=O)N(Cc2ccc(N3CCCCC3)o2)C2CCS(=O)(=O)C2)c1. The lowest BCUT2D eigenvalue weighted by molar-refractivity contribution is 0.0666. The zero-order valence-electron chi connectivity index (χ0n) is 19.4. The van der Waals surface area contributed by atoms with Gasteiger partial charge in [0.1, 0.15) is 11.5 Å². The number of benzene rings is 1. The lowest BCUT2D eigenvalue weighted by atomic mass is 10.1. The molecule has 2 aliphatic heterocycles. The first-order valence-corrected chi connectivity index (χ1v) is 13.9. The van der Waals surface area contributed by atoms with Crippen LogP contribution >= 0.6 is 0 Å². The molecule has 180 valence electrons. The first kappa shape index (κ1) is 23.7. The summed E-state index contributed by atoms with van der Waals surface area (Å²) in [6, 6.07) is 10.6. The van der Waals surface area contributed by atoms with Gasteiger partial charge in [-0.05, 0) is 56.4 Å². The van der Waals surface area contributed by atoms with E-state index >= 15 is 0 Å². The molecule has 0 spiro atoms. The van der Waals surface area contributed by atoms with Gasteiger partial charge in [0, 0.05) is 30.8 Å². The van der Waals surface area contributed by atoms with Gasteiger partial charge in [0.05, 0.1) is 24.7 Å². The third kappa shape index (κ3) is 6.10. The summed E-state index contributed by atoms with van der Waals surface area (Å²) in [5.74, 6) is 2.04. The number of amides is 1. The number of ether oxygens (including phenoxy) is 1. The molecule has 0 N–H and O–H groups in total. The minimum absolute atomic E-state index is 0.00881. The van der Waals surface area contributed by atoms with Gasteiger partial charge >= 0.3 is 0 Å². The minimum Gasteiger partial charge on any atom is -0.494 e. The quantitative estimate of drug-likeness (QED) is 0.505. The van der Waals surface area contributed by atoms with Crippen LogP contribution in [0, 0.1) is 0 Å². The van der Waals surface area contributed by atoms with E-state index in [9.17, 15) is 13.2 Å². The van der Waals surface area contributed by atoms with Crippen molar-refractivity contribution in [1.82, 2.24) is 4.90 Å². The first-order valence-electron chi connectivity index (χ1n) is 12.0. The van der Waals surface area contributed by atoms with Crippen molar-refractivity contribution in [1.29, 1.82) is 0 Å². The Bertz CT molecular complexity index is 1040. The number of hydrogen-bond acceptors (Lipinski definition) is 6. The summed E-state index contributed by atoms with van der Waals surface area (Å²) in [5.41, 5.74) is 0.496. The molecule has 1 aromatic carbocycles. The zero-order valence-corrected chi connectivity index (χ0v) is 20.2. The Morgan fingerprint density at radius 2 is 2.00 bits per heavy atom. The molecule has 7 nitrogen and oxygen atoms in total. The van der Waals surface area contributed by atoms with Crippen molar-refractivity contribution in [3.63, 3.8) is 0 Å². The molecular weight excluding hydrogens is 440 g/mol. The highest BCUT2D eigenvalue weighted by atomic mass is 32.2. The summed E-state index contributed by atoms with van der Waals surface area (Å²) < 4.78 is 36.2. The average molecular weight is 475 g/mol. The minimum atomic E-state index is -3.14. The second-order valence-corrected chi connectivity index (χ2v) is 11.2. The van der Waals surface area contributed by atoms with Crippen LogP contribution in [0.3, 0.4) is 0 Å². The topological polar surface area (TPSA) is 80.1 Å². The molecule has 8 heteroatoms. The van der Waals surface area contributed by atoms with Gasteiger partial charge < -0.3 is 19.0 Å². The maximum atomic E-state index is 13.6. The van der Waals surface area contributed by atoms with Crippen molar-refractivity contribution in [2.45, 2.75) is 58.0 Å². The van der Waals surface area contributed by atoms with Gasteiger partial charge in [-0.3, -0.25) is 4.79 Å². The molecule has 0 bridgehead atoms. The number of nitrogens with zero attached hydrogens (tertiary/aromatic N) is 2. The maximum absolute atomic E-state index is 13.6. The molecule has 1 atom stereocenters. The molecule has 1 amide bonds. The predicted molar refractivity (Wildman–Crippen MR) is 129 cm³/mol. The third-order valence-corrected chi connectivity index (χ3v) is 8.15. The number of piperidine rings is 1. The molecule has 33 heavy (non-hydrogen) atoms. The Kier molecular flexibility index (Phi) is 7.63. The van der Waals surface area contributed by atoms with Gasteiger partial charge in [-0.25, -0.2) is 8.42 Å². The number of hydrogen-bond donors (Lipinski definition) is 0. The number of anilines is 1. The van der Waals surface area contributed by atoms with Gasteiger partial charge in [0.25, 0.3) is 5.91 Å². The Labute approximate surface area is 196 Å². The summed E-state index contributed by atoms with van der Waals surface area (Å²) in [7, 11) is -3.14. The zero-order chi connectivity index (χ0) is 23.3. The summed E-state index contributed by atoms with van der Waals surface area (Å²) in [4.78, 5) is 17.5. The van der Waals surface area contributed by atoms with Gasteiger partial charge in [0.2, 0.25) is 0 Å². The van der Waals surface area contributed by atoms with Crippen LogP contribution in [0.25, 0.3) is 0 Å². The monoisotopic (exact) mass is 474 g/mol. The van der Waals surface area contributed by atoms with Crippen molar-refractivity contribution in [3.05, 3.63) is 47.7 Å². The largest absolute Gasteiger partial charge is 0.494 e. The van der Waals surface area contributed by atoms with Crippen molar-refractivity contribution in [2.75, 3.05) is 36.1 Å². The van der Waals surface area contributed by atoms with Crippen LogP contribution in [0.15, 0.2) is 40.8 Å². The third-order valence-electron chi connectivity index (χ3n) is 6.40. The second kappa shape index (κ2) is 10.6. The smallest absolute Gasteiger partial charge is 0.254 e. The number of furan rings is 1. The molecule has 3 heterocycles. The molecule has 0 aliphatic carbocycles. The van der Waals surface area contributed by atoms with Crippen molar-refractivity contribution in [2.24, 2.45) is 0 Å². The standard InChI is InChI=1S/C25H34N2O5S/c1-2-3-15-31-22-9-7-8-20(17-22)25(28)27(21-12-16-33(29,30)19-21)18-23-10-11-24(32-23)26-13-5-4-6-14-26/h7-11,17,21H,2-6,12-16,18-19H2,1H3. The molecule has 0 saturated carbocycles. The number of rotatable bonds is 9. The van der Waals surface area contributed by atoms with Crippen molar-refractivity contribution < 1.29 is 22.4 Å². The fourth-order valence-electron chi connectivity index (χ4n) is 4.51. The Balaban J connectivity index is 1.53. The van der Waals surface area contributed by atoms with Crippen molar-refractivity contribution >= 4 is 21.6 Å². The number of carbonyl (C=O) groups excluding carboxylic acids is 1. The normalized spacial score (nSPS) is 20.0. The van der Waals surface area contributed by atoms with E-state index < -0.39 is 9.84 Å². The Morgan fingerprint density at radius 1 is 1.18 bits per heavy atom.